The van der Waals surface area contributed by atoms with Crippen molar-refractivity contribution < 1.29 is 19.4 Å². The third-order valence-electron chi connectivity index (χ3n) is 2.94. The highest BCUT2D eigenvalue weighted by atomic mass is 16.5. The number of nitrogens with two attached hydrogens (primary N) is 1. The van der Waals surface area contributed by atoms with E-state index in [1.165, 1.54) is 4.90 Å². The molecule has 0 unspecified atom stereocenters. The second-order valence-corrected chi connectivity index (χ2v) is 4.93. The first-order chi connectivity index (χ1) is 8.85. The number of fused-ring (bicyclic) bond motifs is 1. The Hall–Kier alpha value is -2.08. The number of nitrogens with zero attached hydrogens (tertiary/aromatic N) is 1. The lowest BCUT2D eigenvalue weighted by atomic mass is 10.0. The highest BCUT2D eigenvalue weighted by molar-refractivity contribution is 6.05. The molecule has 0 bridgehead atoms. The number of aliphatic hydroxyl groups is 1. The molecule has 0 atom stereocenters. The summed E-state index contributed by atoms with van der Waals surface area (Å²) in [5.74, 6) is -0.462. The van der Waals surface area contributed by atoms with Gasteiger partial charge in [0.2, 0.25) is 5.91 Å². The molecule has 0 fully saturated rings. The van der Waals surface area contributed by atoms with Gasteiger partial charge < -0.3 is 15.6 Å². The molecular formula is C13H16N2O4. The lowest BCUT2D eigenvalue weighted by Crippen LogP contribution is -2.54. The zero-order valence-electron chi connectivity index (χ0n) is 10.8. The smallest absolute Gasteiger partial charge is 0.271 e. The van der Waals surface area contributed by atoms with E-state index in [2.05, 4.69) is 0 Å². The Kier molecular flexibility index (Phi) is 3.20. The Bertz CT molecular complexity index is 539. The maximum Gasteiger partial charge on any atom is 0.271 e. The quantitative estimate of drug-likeness (QED) is 0.813. The maximum atomic E-state index is 12.2. The van der Waals surface area contributed by atoms with E-state index in [1.807, 2.05) is 0 Å². The van der Waals surface area contributed by atoms with Crippen LogP contribution in [0.25, 0.3) is 0 Å². The Morgan fingerprint density at radius 3 is 2.74 bits per heavy atom. The van der Waals surface area contributed by atoms with Crippen LogP contribution in [0.15, 0.2) is 18.2 Å². The minimum absolute atomic E-state index is 0.124. The molecule has 1 aliphatic rings. The largest absolute Gasteiger partial charge is 0.476 e. The highest BCUT2D eigenvalue weighted by Gasteiger charge is 2.41. The lowest BCUT2D eigenvalue weighted by molar-refractivity contribution is -0.133. The summed E-state index contributed by atoms with van der Waals surface area (Å²) in [6.07, 6.45) is 0. The summed E-state index contributed by atoms with van der Waals surface area (Å²) in [6, 6.07) is 4.95. The molecule has 0 saturated heterocycles. The van der Waals surface area contributed by atoms with Gasteiger partial charge in [-0.3, -0.25) is 14.5 Å². The Labute approximate surface area is 110 Å². The van der Waals surface area contributed by atoms with Crippen molar-refractivity contribution >= 4 is 17.5 Å². The van der Waals surface area contributed by atoms with Gasteiger partial charge in [0.25, 0.3) is 5.91 Å². The average Bonchev–Trinajstić information content (AvgIpc) is 2.33. The van der Waals surface area contributed by atoms with E-state index in [0.29, 0.717) is 17.0 Å². The fourth-order valence-corrected chi connectivity index (χ4v) is 2.03. The number of benzene rings is 1. The van der Waals surface area contributed by atoms with Crippen LogP contribution in [0.2, 0.25) is 0 Å². The number of aliphatic hydroxyl groups excluding tert-OH is 1. The number of carbonyl (C=O) groups is 2. The van der Waals surface area contributed by atoms with Gasteiger partial charge in [-0.15, -0.1) is 0 Å². The second-order valence-electron chi connectivity index (χ2n) is 4.93. The third-order valence-corrected chi connectivity index (χ3v) is 2.94. The first-order valence-corrected chi connectivity index (χ1v) is 5.88. The highest BCUT2D eigenvalue weighted by Crippen LogP contribution is 2.38. The zero-order valence-corrected chi connectivity index (χ0v) is 10.8. The molecule has 0 aliphatic carbocycles. The first-order valence-electron chi connectivity index (χ1n) is 5.88. The van der Waals surface area contributed by atoms with Crippen LogP contribution in [-0.2, 0) is 16.2 Å². The molecule has 1 heterocycles. The van der Waals surface area contributed by atoms with E-state index in [1.54, 1.807) is 32.0 Å². The molecule has 1 aromatic carbocycles. The molecule has 1 aliphatic heterocycles. The zero-order chi connectivity index (χ0) is 14.2. The summed E-state index contributed by atoms with van der Waals surface area (Å²) in [5.41, 5.74) is 5.26. The van der Waals surface area contributed by atoms with E-state index < -0.39 is 11.5 Å². The molecule has 0 saturated carbocycles. The standard InChI is InChI=1S/C13H16N2O4/c1-13(2)12(18)15(6-11(14)17)9-4-3-8(7-16)5-10(9)19-13/h3-5,16H,6-7H2,1-2H3,(H2,14,17). The van der Waals surface area contributed by atoms with Crippen molar-refractivity contribution in [1.29, 1.82) is 0 Å². The van der Waals surface area contributed by atoms with Crippen molar-refractivity contribution in [1.82, 2.24) is 0 Å². The lowest BCUT2D eigenvalue weighted by Gasteiger charge is -2.38. The predicted octanol–water partition coefficient (Wildman–Crippen LogP) is 0.168. The molecule has 19 heavy (non-hydrogen) atoms. The molecule has 102 valence electrons. The molecule has 0 spiro atoms. The SMILES string of the molecule is CC1(C)Oc2cc(CO)ccc2N(CC(N)=O)C1=O. The third kappa shape index (κ3) is 2.39. The maximum absolute atomic E-state index is 12.2. The first kappa shape index (κ1) is 13.4. The second kappa shape index (κ2) is 4.55. The monoisotopic (exact) mass is 264 g/mol. The van der Waals surface area contributed by atoms with Gasteiger partial charge in [-0.05, 0) is 31.5 Å². The number of hydrogen-bond donors (Lipinski definition) is 2. The molecule has 0 radical (unpaired) electrons. The predicted molar refractivity (Wildman–Crippen MR) is 68.6 cm³/mol. The topological polar surface area (TPSA) is 92.9 Å². The van der Waals surface area contributed by atoms with Gasteiger partial charge in [0.05, 0.1) is 12.3 Å². The van der Waals surface area contributed by atoms with Crippen molar-refractivity contribution in [2.24, 2.45) is 5.73 Å². The van der Waals surface area contributed by atoms with Crippen molar-refractivity contribution in [2.45, 2.75) is 26.1 Å². The van der Waals surface area contributed by atoms with Crippen LogP contribution >= 0.6 is 0 Å². The van der Waals surface area contributed by atoms with E-state index in [4.69, 9.17) is 15.6 Å². The van der Waals surface area contributed by atoms with Crippen molar-refractivity contribution in [3.63, 3.8) is 0 Å². The van der Waals surface area contributed by atoms with E-state index in [0.717, 1.165) is 0 Å². The summed E-state index contributed by atoms with van der Waals surface area (Å²) in [5, 5.41) is 9.12. The molecule has 0 aromatic heterocycles. The molecule has 2 rings (SSSR count). The van der Waals surface area contributed by atoms with Gasteiger partial charge >= 0.3 is 0 Å². The van der Waals surface area contributed by atoms with Crippen LogP contribution in [0.5, 0.6) is 5.75 Å². The molecule has 6 nitrogen and oxygen atoms in total. The van der Waals surface area contributed by atoms with E-state index >= 15 is 0 Å². The summed E-state index contributed by atoms with van der Waals surface area (Å²) in [6.45, 7) is 2.92. The van der Waals surface area contributed by atoms with Crippen LogP contribution in [0.1, 0.15) is 19.4 Å². The van der Waals surface area contributed by atoms with Gasteiger partial charge in [-0.2, -0.15) is 0 Å². The molecule has 2 amide bonds. The Morgan fingerprint density at radius 2 is 2.16 bits per heavy atom. The number of rotatable bonds is 3. The van der Waals surface area contributed by atoms with Gasteiger partial charge in [0.1, 0.15) is 12.3 Å². The van der Waals surface area contributed by atoms with Crippen LogP contribution < -0.4 is 15.4 Å². The molecular weight excluding hydrogens is 248 g/mol. The number of hydrogen-bond acceptors (Lipinski definition) is 4. The minimum atomic E-state index is -1.07. The van der Waals surface area contributed by atoms with Crippen LogP contribution in [0.4, 0.5) is 5.69 Å². The fourth-order valence-electron chi connectivity index (χ4n) is 2.03. The summed E-state index contributed by atoms with van der Waals surface area (Å²) in [4.78, 5) is 24.7. The van der Waals surface area contributed by atoms with Crippen molar-refractivity contribution in [2.75, 3.05) is 11.4 Å². The molecule has 1 aromatic rings. The normalized spacial score (nSPS) is 16.8. The molecule has 3 N–H and O–H groups in total. The van der Waals surface area contributed by atoms with Gasteiger partial charge in [-0.25, -0.2) is 0 Å². The van der Waals surface area contributed by atoms with Gasteiger partial charge in [-0.1, -0.05) is 6.07 Å². The summed E-state index contributed by atoms with van der Waals surface area (Å²) in [7, 11) is 0. The molecule has 6 heteroatoms. The summed E-state index contributed by atoms with van der Waals surface area (Å²) >= 11 is 0. The van der Waals surface area contributed by atoms with Crippen molar-refractivity contribution in [3.05, 3.63) is 23.8 Å². The van der Waals surface area contributed by atoms with Crippen LogP contribution in [0, 0.1) is 0 Å². The number of primary amides is 1. The van der Waals surface area contributed by atoms with E-state index in [-0.39, 0.29) is 19.1 Å². The number of ether oxygens (including phenoxy) is 1. The average molecular weight is 264 g/mol. The Morgan fingerprint density at radius 1 is 1.47 bits per heavy atom. The minimum Gasteiger partial charge on any atom is -0.476 e. The number of carbonyl (C=O) groups excluding carboxylic acids is 2. The van der Waals surface area contributed by atoms with Crippen LogP contribution in [-0.4, -0.2) is 29.1 Å². The Balaban J connectivity index is 2.50. The fraction of sp³-hybridized carbons (Fsp3) is 0.385. The van der Waals surface area contributed by atoms with Crippen molar-refractivity contribution in [3.8, 4) is 5.75 Å². The van der Waals surface area contributed by atoms with Crippen LogP contribution in [0.3, 0.4) is 0 Å². The summed E-state index contributed by atoms with van der Waals surface area (Å²) < 4.78 is 5.63. The van der Waals surface area contributed by atoms with Gasteiger partial charge in [0, 0.05) is 0 Å². The number of anilines is 1. The van der Waals surface area contributed by atoms with Gasteiger partial charge in [0.15, 0.2) is 5.60 Å². The number of amides is 2. The van der Waals surface area contributed by atoms with E-state index in [9.17, 15) is 9.59 Å².